The lowest BCUT2D eigenvalue weighted by Gasteiger charge is -2.38. The van der Waals surface area contributed by atoms with Crippen LogP contribution in [0.3, 0.4) is 0 Å². The predicted molar refractivity (Wildman–Crippen MR) is 82.8 cm³/mol. The largest absolute Gasteiger partial charge is 0.0732 e. The van der Waals surface area contributed by atoms with E-state index in [1.807, 2.05) is 0 Å². The SMILES string of the molecule is CC(C)[C@@H]1CC[C@@H](C)C[C@@H]1C1=C2C=CC=CC2C=C1. The maximum Gasteiger partial charge on any atom is 0.0207 e. The monoisotopic (exact) mass is 254 g/mol. The van der Waals surface area contributed by atoms with Gasteiger partial charge in [-0.15, -0.1) is 0 Å². The van der Waals surface area contributed by atoms with E-state index in [0.717, 1.165) is 23.7 Å². The molecule has 0 aromatic heterocycles. The first-order valence-corrected chi connectivity index (χ1v) is 7.94. The van der Waals surface area contributed by atoms with Crippen LogP contribution in [0.1, 0.15) is 40.0 Å². The Hall–Kier alpha value is -1.04. The lowest BCUT2D eigenvalue weighted by Crippen LogP contribution is -2.29. The molecule has 1 unspecified atom stereocenters. The van der Waals surface area contributed by atoms with Crippen molar-refractivity contribution >= 4 is 0 Å². The van der Waals surface area contributed by atoms with Crippen LogP contribution >= 0.6 is 0 Å². The molecule has 19 heavy (non-hydrogen) atoms. The number of rotatable bonds is 2. The van der Waals surface area contributed by atoms with E-state index in [-0.39, 0.29) is 0 Å². The second-order valence-electron chi connectivity index (χ2n) is 6.97. The molecule has 0 spiro atoms. The van der Waals surface area contributed by atoms with Crippen LogP contribution in [-0.4, -0.2) is 0 Å². The maximum atomic E-state index is 2.43. The molecule has 0 aliphatic heterocycles. The van der Waals surface area contributed by atoms with E-state index in [1.165, 1.54) is 19.3 Å². The fourth-order valence-electron chi connectivity index (χ4n) is 4.22. The predicted octanol–water partition coefficient (Wildman–Crippen LogP) is 5.30. The second-order valence-corrected chi connectivity index (χ2v) is 6.97. The second kappa shape index (κ2) is 5.15. The number of allylic oxidation sites excluding steroid dienone is 8. The van der Waals surface area contributed by atoms with Gasteiger partial charge in [0, 0.05) is 5.92 Å². The topological polar surface area (TPSA) is 0 Å². The molecule has 1 saturated carbocycles. The normalized spacial score (nSPS) is 37.3. The number of hydrogen-bond donors (Lipinski definition) is 0. The molecular weight excluding hydrogens is 228 g/mol. The lowest BCUT2D eigenvalue weighted by molar-refractivity contribution is 0.172. The Morgan fingerprint density at radius 2 is 1.84 bits per heavy atom. The van der Waals surface area contributed by atoms with Gasteiger partial charge in [-0.25, -0.2) is 0 Å². The molecule has 4 atom stereocenters. The highest BCUT2D eigenvalue weighted by molar-refractivity contribution is 5.50. The summed E-state index contributed by atoms with van der Waals surface area (Å²) in [6.45, 7) is 7.25. The van der Waals surface area contributed by atoms with E-state index in [4.69, 9.17) is 0 Å². The molecule has 0 amide bonds. The van der Waals surface area contributed by atoms with E-state index < -0.39 is 0 Å². The summed E-state index contributed by atoms with van der Waals surface area (Å²) >= 11 is 0. The van der Waals surface area contributed by atoms with Gasteiger partial charge in [0.05, 0.1) is 0 Å². The average Bonchev–Trinajstić information content (AvgIpc) is 2.82. The molecule has 0 heteroatoms. The summed E-state index contributed by atoms with van der Waals surface area (Å²) in [5.74, 6) is 3.92. The fourth-order valence-corrected chi connectivity index (χ4v) is 4.22. The average molecular weight is 254 g/mol. The maximum absolute atomic E-state index is 2.43. The minimum atomic E-state index is 0.560. The first-order valence-electron chi connectivity index (χ1n) is 7.94. The van der Waals surface area contributed by atoms with Crippen molar-refractivity contribution in [2.75, 3.05) is 0 Å². The van der Waals surface area contributed by atoms with Gasteiger partial charge >= 0.3 is 0 Å². The number of fused-ring (bicyclic) bond motifs is 1. The summed E-state index contributed by atoms with van der Waals surface area (Å²) in [4.78, 5) is 0. The smallest absolute Gasteiger partial charge is 0.0207 e. The van der Waals surface area contributed by atoms with Crippen molar-refractivity contribution in [1.82, 2.24) is 0 Å². The molecule has 0 aromatic carbocycles. The van der Waals surface area contributed by atoms with Crippen molar-refractivity contribution in [3.63, 3.8) is 0 Å². The highest BCUT2D eigenvalue weighted by atomic mass is 14.4. The standard InChI is InChI=1S/C19H26/c1-13(2)16-10-8-14(3)12-19(16)18-11-9-15-6-4-5-7-17(15)18/h4-7,9,11,13-16,19H,8,10,12H2,1-3H3/t14-,15?,16+,19+/m1/s1. The summed E-state index contributed by atoms with van der Waals surface area (Å²) < 4.78 is 0. The van der Waals surface area contributed by atoms with Crippen LogP contribution in [0.2, 0.25) is 0 Å². The molecule has 0 nitrogen and oxygen atoms in total. The van der Waals surface area contributed by atoms with Crippen LogP contribution in [0.5, 0.6) is 0 Å². The molecule has 1 fully saturated rings. The van der Waals surface area contributed by atoms with Gasteiger partial charge in [0.25, 0.3) is 0 Å². The zero-order valence-electron chi connectivity index (χ0n) is 12.5. The van der Waals surface area contributed by atoms with E-state index in [1.54, 1.807) is 11.1 Å². The Bertz CT molecular complexity index is 458. The lowest BCUT2D eigenvalue weighted by atomic mass is 9.66. The first-order chi connectivity index (χ1) is 9.16. The summed E-state index contributed by atoms with van der Waals surface area (Å²) in [7, 11) is 0. The molecule has 102 valence electrons. The van der Waals surface area contributed by atoms with Gasteiger partial charge in [-0.3, -0.25) is 0 Å². The third-order valence-electron chi connectivity index (χ3n) is 5.30. The van der Waals surface area contributed by atoms with Gasteiger partial charge < -0.3 is 0 Å². The fraction of sp³-hybridized carbons (Fsp3) is 0.579. The van der Waals surface area contributed by atoms with E-state index >= 15 is 0 Å². The highest BCUT2D eigenvalue weighted by Gasteiger charge is 2.35. The minimum absolute atomic E-state index is 0.560. The summed E-state index contributed by atoms with van der Waals surface area (Å²) in [6, 6.07) is 0. The molecule has 3 rings (SSSR count). The van der Waals surface area contributed by atoms with Gasteiger partial charge in [-0.05, 0) is 47.7 Å². The van der Waals surface area contributed by atoms with E-state index in [0.29, 0.717) is 5.92 Å². The molecule has 0 saturated heterocycles. The van der Waals surface area contributed by atoms with E-state index in [2.05, 4.69) is 57.2 Å². The van der Waals surface area contributed by atoms with Crippen LogP contribution in [-0.2, 0) is 0 Å². The van der Waals surface area contributed by atoms with Gasteiger partial charge in [-0.1, -0.05) is 63.6 Å². The molecule has 3 aliphatic carbocycles. The van der Waals surface area contributed by atoms with Gasteiger partial charge in [-0.2, -0.15) is 0 Å². The van der Waals surface area contributed by atoms with Crippen molar-refractivity contribution in [1.29, 1.82) is 0 Å². The summed E-state index contributed by atoms with van der Waals surface area (Å²) in [5.41, 5.74) is 3.23. The highest BCUT2D eigenvalue weighted by Crippen LogP contribution is 2.46. The van der Waals surface area contributed by atoms with Gasteiger partial charge in [0.15, 0.2) is 0 Å². The summed E-state index contributed by atoms with van der Waals surface area (Å²) in [6.07, 6.45) is 18.1. The Morgan fingerprint density at radius 1 is 1.00 bits per heavy atom. The quantitative estimate of drug-likeness (QED) is 0.627. The Labute approximate surface area is 118 Å². The van der Waals surface area contributed by atoms with Crippen molar-refractivity contribution in [2.45, 2.75) is 40.0 Å². The van der Waals surface area contributed by atoms with Crippen LogP contribution in [0, 0.1) is 29.6 Å². The molecule has 0 N–H and O–H groups in total. The van der Waals surface area contributed by atoms with Gasteiger partial charge in [0.1, 0.15) is 0 Å². The van der Waals surface area contributed by atoms with Crippen LogP contribution in [0.15, 0.2) is 47.6 Å². The van der Waals surface area contributed by atoms with Crippen LogP contribution < -0.4 is 0 Å². The van der Waals surface area contributed by atoms with Crippen molar-refractivity contribution < 1.29 is 0 Å². The van der Waals surface area contributed by atoms with Crippen molar-refractivity contribution in [3.8, 4) is 0 Å². The zero-order chi connectivity index (χ0) is 13.4. The van der Waals surface area contributed by atoms with Crippen LogP contribution in [0.25, 0.3) is 0 Å². The minimum Gasteiger partial charge on any atom is -0.0732 e. The first kappa shape index (κ1) is 13.0. The summed E-state index contributed by atoms with van der Waals surface area (Å²) in [5, 5.41) is 0. The Morgan fingerprint density at radius 3 is 2.63 bits per heavy atom. The molecule has 0 heterocycles. The Balaban J connectivity index is 1.92. The zero-order valence-corrected chi connectivity index (χ0v) is 12.5. The van der Waals surface area contributed by atoms with E-state index in [9.17, 15) is 0 Å². The van der Waals surface area contributed by atoms with Crippen molar-refractivity contribution in [2.24, 2.45) is 29.6 Å². The third kappa shape index (κ3) is 2.38. The number of hydrogen-bond acceptors (Lipinski definition) is 0. The molecule has 0 radical (unpaired) electrons. The van der Waals surface area contributed by atoms with Gasteiger partial charge in [0.2, 0.25) is 0 Å². The van der Waals surface area contributed by atoms with Crippen molar-refractivity contribution in [3.05, 3.63) is 47.6 Å². The molecule has 3 aliphatic rings. The third-order valence-corrected chi connectivity index (χ3v) is 5.30. The molecule has 0 aromatic rings. The molecular formula is C19H26. The Kier molecular flexibility index (Phi) is 3.52. The molecule has 0 bridgehead atoms. The van der Waals surface area contributed by atoms with Crippen LogP contribution in [0.4, 0.5) is 0 Å².